The average Bonchev–Trinajstić information content (AvgIpc) is 2.85. The Morgan fingerprint density at radius 3 is 2.67 bits per heavy atom. The minimum Gasteiger partial charge on any atom is -0.343 e. The Morgan fingerprint density at radius 1 is 1.29 bits per heavy atom. The van der Waals surface area contributed by atoms with Crippen LogP contribution in [0.1, 0.15) is 29.8 Å². The first-order chi connectivity index (χ1) is 10.1. The van der Waals surface area contributed by atoms with E-state index in [4.69, 9.17) is 11.6 Å². The van der Waals surface area contributed by atoms with Crippen LogP contribution in [0.25, 0.3) is 11.0 Å². The first-order valence-corrected chi connectivity index (χ1v) is 7.46. The molecule has 3 rings (SSSR count). The maximum Gasteiger partial charge on any atom is 0.272 e. The van der Waals surface area contributed by atoms with E-state index in [1.54, 1.807) is 25.2 Å². The number of hydrogen-bond donors (Lipinski definition) is 0. The van der Waals surface area contributed by atoms with E-state index in [0.717, 1.165) is 31.3 Å². The second-order valence-corrected chi connectivity index (χ2v) is 5.81. The van der Waals surface area contributed by atoms with Crippen LogP contribution in [0.5, 0.6) is 0 Å². The van der Waals surface area contributed by atoms with Gasteiger partial charge >= 0.3 is 0 Å². The van der Waals surface area contributed by atoms with Crippen LogP contribution < -0.4 is 5.01 Å². The number of fused-ring (bicyclic) bond motifs is 1. The van der Waals surface area contributed by atoms with Gasteiger partial charge in [0.05, 0.1) is 0 Å². The summed E-state index contributed by atoms with van der Waals surface area (Å²) in [6.07, 6.45) is 5.13. The minimum absolute atomic E-state index is 0.0466. The molecule has 112 valence electrons. The van der Waals surface area contributed by atoms with E-state index < -0.39 is 0 Å². The minimum atomic E-state index is -0.0466. The zero-order valence-electron chi connectivity index (χ0n) is 12.2. The molecule has 0 atom stereocenters. The molecule has 1 aliphatic heterocycles. The molecule has 2 aromatic rings. The lowest BCUT2D eigenvalue weighted by Gasteiger charge is -2.31. The molecular formula is C14H18ClN5O. The number of amides is 1. The fraction of sp³-hybridized carbons (Fsp3) is 0.500. The number of rotatable bonds is 2. The van der Waals surface area contributed by atoms with Crippen LogP contribution in [0.15, 0.2) is 12.3 Å². The molecule has 0 unspecified atom stereocenters. The van der Waals surface area contributed by atoms with E-state index in [9.17, 15) is 4.79 Å². The normalized spacial score (nSPS) is 15.5. The Kier molecular flexibility index (Phi) is 3.71. The highest BCUT2D eigenvalue weighted by molar-refractivity contribution is 6.28. The number of carbonyl (C=O) groups is 1. The molecular weight excluding hydrogens is 290 g/mol. The molecule has 0 saturated carbocycles. The van der Waals surface area contributed by atoms with Gasteiger partial charge in [-0.05, 0) is 36.9 Å². The molecule has 1 fully saturated rings. The van der Waals surface area contributed by atoms with Gasteiger partial charge in [0, 0.05) is 38.8 Å². The van der Waals surface area contributed by atoms with Crippen molar-refractivity contribution < 1.29 is 4.79 Å². The van der Waals surface area contributed by atoms with Crippen LogP contribution in [-0.2, 0) is 0 Å². The Bertz CT molecular complexity index is 675. The molecule has 0 aromatic carbocycles. The predicted octanol–water partition coefficient (Wildman–Crippen LogP) is 1.91. The third-order valence-electron chi connectivity index (χ3n) is 3.73. The first-order valence-electron chi connectivity index (χ1n) is 7.09. The third-order valence-corrected chi connectivity index (χ3v) is 3.91. The van der Waals surface area contributed by atoms with E-state index in [2.05, 4.69) is 15.0 Å². The Hall–Kier alpha value is -1.82. The van der Waals surface area contributed by atoms with Crippen molar-refractivity contribution in [2.24, 2.45) is 0 Å². The third kappa shape index (κ3) is 2.55. The molecule has 21 heavy (non-hydrogen) atoms. The number of aromatic nitrogens is 3. The summed E-state index contributed by atoms with van der Waals surface area (Å²) in [5, 5.41) is 3.20. The van der Waals surface area contributed by atoms with Gasteiger partial charge in [0.2, 0.25) is 5.28 Å². The van der Waals surface area contributed by atoms with E-state index in [0.29, 0.717) is 11.3 Å². The van der Waals surface area contributed by atoms with Gasteiger partial charge in [-0.2, -0.15) is 4.98 Å². The fourth-order valence-corrected chi connectivity index (χ4v) is 2.83. The number of nitrogens with zero attached hydrogens (tertiary/aromatic N) is 5. The molecule has 1 aliphatic rings. The van der Waals surface area contributed by atoms with Crippen LogP contribution in [0.4, 0.5) is 0 Å². The van der Waals surface area contributed by atoms with E-state index in [1.165, 1.54) is 6.42 Å². The maximum absolute atomic E-state index is 12.5. The molecule has 1 amide bonds. The lowest BCUT2D eigenvalue weighted by molar-refractivity contribution is 0.0816. The molecule has 1 saturated heterocycles. The molecule has 0 spiro atoms. The summed E-state index contributed by atoms with van der Waals surface area (Å²) < 4.78 is 1.91. The molecule has 0 N–H and O–H groups in total. The highest BCUT2D eigenvalue weighted by atomic mass is 35.5. The zero-order chi connectivity index (χ0) is 15.0. The molecule has 7 heteroatoms. The largest absolute Gasteiger partial charge is 0.343 e. The summed E-state index contributed by atoms with van der Waals surface area (Å²) in [6.45, 7) is 1.83. The smallest absolute Gasteiger partial charge is 0.272 e. The zero-order valence-corrected chi connectivity index (χ0v) is 13.0. The van der Waals surface area contributed by atoms with Crippen molar-refractivity contribution in [3.05, 3.63) is 23.2 Å². The molecule has 6 nitrogen and oxygen atoms in total. The van der Waals surface area contributed by atoms with E-state index in [1.807, 2.05) is 10.7 Å². The Morgan fingerprint density at radius 2 is 2.00 bits per heavy atom. The number of piperidine rings is 1. The molecule has 2 aromatic heterocycles. The lowest BCUT2D eigenvalue weighted by atomic mass is 10.2. The second kappa shape index (κ2) is 5.52. The standard InChI is InChI=1S/C14H18ClN5O/c1-18(2)13(21)11-8-10-9-16-14(15)17-12(10)20(11)19-6-4-3-5-7-19/h8-9H,3-7H2,1-2H3. The van der Waals surface area contributed by atoms with Gasteiger partial charge in [-0.3, -0.25) is 4.79 Å². The average molecular weight is 308 g/mol. The van der Waals surface area contributed by atoms with Crippen molar-refractivity contribution in [3.8, 4) is 0 Å². The second-order valence-electron chi connectivity index (χ2n) is 5.47. The van der Waals surface area contributed by atoms with Crippen LogP contribution >= 0.6 is 11.6 Å². The van der Waals surface area contributed by atoms with Crippen molar-refractivity contribution in [2.75, 3.05) is 32.2 Å². The van der Waals surface area contributed by atoms with Gasteiger partial charge in [0.1, 0.15) is 5.69 Å². The van der Waals surface area contributed by atoms with E-state index in [-0.39, 0.29) is 11.2 Å². The van der Waals surface area contributed by atoms with Crippen LogP contribution in [0.2, 0.25) is 5.28 Å². The predicted molar refractivity (Wildman–Crippen MR) is 82.4 cm³/mol. The maximum atomic E-state index is 12.5. The summed E-state index contributed by atoms with van der Waals surface area (Å²) in [5.74, 6) is -0.0466. The van der Waals surface area contributed by atoms with E-state index >= 15 is 0 Å². The van der Waals surface area contributed by atoms with Crippen molar-refractivity contribution in [1.29, 1.82) is 0 Å². The van der Waals surface area contributed by atoms with Crippen LogP contribution in [0, 0.1) is 0 Å². The summed E-state index contributed by atoms with van der Waals surface area (Å²) in [6, 6.07) is 1.84. The van der Waals surface area contributed by atoms with Crippen molar-refractivity contribution in [2.45, 2.75) is 19.3 Å². The van der Waals surface area contributed by atoms with Crippen LogP contribution in [-0.4, -0.2) is 52.6 Å². The first kappa shape index (κ1) is 14.1. The van der Waals surface area contributed by atoms with Crippen molar-refractivity contribution in [3.63, 3.8) is 0 Å². The van der Waals surface area contributed by atoms with Gasteiger partial charge < -0.3 is 9.91 Å². The van der Waals surface area contributed by atoms with Gasteiger partial charge in [0.25, 0.3) is 5.91 Å². The summed E-state index contributed by atoms with van der Waals surface area (Å²) >= 11 is 5.93. The number of halogens is 1. The quantitative estimate of drug-likeness (QED) is 0.795. The highest BCUT2D eigenvalue weighted by Gasteiger charge is 2.23. The number of hydrogen-bond acceptors (Lipinski definition) is 4. The SMILES string of the molecule is CN(C)C(=O)c1cc2cnc(Cl)nc2n1N1CCCCC1. The topological polar surface area (TPSA) is 54.3 Å². The summed E-state index contributed by atoms with van der Waals surface area (Å²) in [7, 11) is 3.50. The van der Waals surface area contributed by atoms with Crippen LogP contribution in [0.3, 0.4) is 0 Å². The van der Waals surface area contributed by atoms with Crippen molar-refractivity contribution in [1.82, 2.24) is 19.5 Å². The lowest BCUT2D eigenvalue weighted by Crippen LogP contribution is -2.42. The van der Waals surface area contributed by atoms with Gasteiger partial charge in [-0.15, -0.1) is 0 Å². The molecule has 0 aliphatic carbocycles. The van der Waals surface area contributed by atoms with Gasteiger partial charge in [-0.25, -0.2) is 9.66 Å². The summed E-state index contributed by atoms with van der Waals surface area (Å²) in [5.41, 5.74) is 1.30. The number of carbonyl (C=O) groups excluding carboxylic acids is 1. The molecule has 0 radical (unpaired) electrons. The molecule has 3 heterocycles. The Balaban J connectivity index is 2.18. The highest BCUT2D eigenvalue weighted by Crippen LogP contribution is 2.22. The van der Waals surface area contributed by atoms with Crippen molar-refractivity contribution >= 4 is 28.5 Å². The monoisotopic (exact) mass is 307 g/mol. The fourth-order valence-electron chi connectivity index (χ4n) is 2.70. The van der Waals surface area contributed by atoms with Gasteiger partial charge in [0.15, 0.2) is 5.65 Å². The van der Waals surface area contributed by atoms with Gasteiger partial charge in [-0.1, -0.05) is 0 Å². The summed E-state index contributed by atoms with van der Waals surface area (Å²) in [4.78, 5) is 22.4. The molecule has 0 bridgehead atoms. The Labute approximate surface area is 128 Å².